The predicted octanol–water partition coefficient (Wildman–Crippen LogP) is 3.64. The number of methoxy groups -OCH3 is 2. The molecule has 2 aliphatic heterocycles. The van der Waals surface area contributed by atoms with Gasteiger partial charge >= 0.3 is 0 Å². The Kier molecular flexibility index (Phi) is 5.35. The van der Waals surface area contributed by atoms with Crippen LogP contribution >= 0.6 is 0 Å². The third kappa shape index (κ3) is 3.70. The number of hydrazone groups is 1. The van der Waals surface area contributed by atoms with Crippen LogP contribution in [0.15, 0.2) is 41.5 Å². The molecule has 0 aliphatic carbocycles. The first-order valence-electron chi connectivity index (χ1n) is 9.71. The molecule has 2 aromatic carbocycles. The monoisotopic (exact) mass is 408 g/mol. The normalized spacial score (nSPS) is 17.4. The minimum Gasteiger partial charge on any atom is -0.497 e. The SMILES string of the molecule is COc1ccc(C=CC2=NN(C(C)=O)C(C)Cc3cc4c(cc32)OCO4)c(OC)c1. The molecule has 0 saturated carbocycles. The largest absolute Gasteiger partial charge is 0.497 e. The zero-order valence-corrected chi connectivity index (χ0v) is 17.5. The lowest BCUT2D eigenvalue weighted by atomic mass is 9.96. The van der Waals surface area contributed by atoms with E-state index < -0.39 is 0 Å². The highest BCUT2D eigenvalue weighted by Gasteiger charge is 2.27. The van der Waals surface area contributed by atoms with Crippen LogP contribution in [-0.2, 0) is 11.2 Å². The van der Waals surface area contributed by atoms with Gasteiger partial charge in [-0.3, -0.25) is 4.79 Å². The van der Waals surface area contributed by atoms with Gasteiger partial charge in [-0.1, -0.05) is 0 Å². The number of benzene rings is 2. The number of amides is 1. The van der Waals surface area contributed by atoms with Gasteiger partial charge in [0.2, 0.25) is 12.7 Å². The molecule has 0 N–H and O–H groups in total. The highest BCUT2D eigenvalue weighted by Crippen LogP contribution is 2.37. The molecular weight excluding hydrogens is 384 g/mol. The van der Waals surface area contributed by atoms with Gasteiger partial charge in [0.05, 0.1) is 26.0 Å². The Morgan fingerprint density at radius 2 is 1.90 bits per heavy atom. The molecule has 30 heavy (non-hydrogen) atoms. The second-order valence-electron chi connectivity index (χ2n) is 7.21. The van der Waals surface area contributed by atoms with E-state index in [0.717, 1.165) is 22.4 Å². The molecule has 7 nitrogen and oxygen atoms in total. The summed E-state index contributed by atoms with van der Waals surface area (Å²) in [6.45, 7) is 3.72. The van der Waals surface area contributed by atoms with Crippen LogP contribution in [0.25, 0.3) is 6.08 Å². The van der Waals surface area contributed by atoms with E-state index >= 15 is 0 Å². The fourth-order valence-electron chi connectivity index (χ4n) is 3.69. The average Bonchev–Trinajstić information content (AvgIpc) is 3.14. The Labute approximate surface area is 175 Å². The predicted molar refractivity (Wildman–Crippen MR) is 113 cm³/mol. The van der Waals surface area contributed by atoms with Gasteiger partial charge in [-0.2, -0.15) is 5.10 Å². The summed E-state index contributed by atoms with van der Waals surface area (Å²) in [4.78, 5) is 12.2. The summed E-state index contributed by atoms with van der Waals surface area (Å²) < 4.78 is 21.9. The zero-order valence-electron chi connectivity index (χ0n) is 17.5. The van der Waals surface area contributed by atoms with Gasteiger partial charge < -0.3 is 18.9 Å². The summed E-state index contributed by atoms with van der Waals surface area (Å²) >= 11 is 0. The number of rotatable bonds is 4. The van der Waals surface area contributed by atoms with Crippen molar-refractivity contribution >= 4 is 17.7 Å². The number of carbonyl (C=O) groups excluding carboxylic acids is 1. The van der Waals surface area contributed by atoms with Crippen molar-refractivity contribution < 1.29 is 23.7 Å². The molecule has 7 heteroatoms. The molecular formula is C23H24N2O5. The summed E-state index contributed by atoms with van der Waals surface area (Å²) in [7, 11) is 3.23. The van der Waals surface area contributed by atoms with Crippen LogP contribution in [0.3, 0.4) is 0 Å². The second kappa shape index (κ2) is 8.10. The standard InChI is InChI=1S/C23H24N2O5/c1-14-9-17-10-22-23(30-13-29-22)12-19(17)20(24-25(14)15(2)26)8-6-16-5-7-18(27-3)11-21(16)28-4/h5-8,10-12,14H,9,13H2,1-4H3. The number of allylic oxidation sites excluding steroid dienone is 1. The topological polar surface area (TPSA) is 69.6 Å². The molecule has 0 saturated heterocycles. The van der Waals surface area contributed by atoms with Crippen LogP contribution in [0, 0.1) is 0 Å². The van der Waals surface area contributed by atoms with Gasteiger partial charge in [0, 0.05) is 24.1 Å². The Balaban J connectivity index is 1.79. The van der Waals surface area contributed by atoms with Crippen molar-refractivity contribution in [2.45, 2.75) is 26.3 Å². The van der Waals surface area contributed by atoms with E-state index in [9.17, 15) is 4.79 Å². The Morgan fingerprint density at radius 3 is 2.60 bits per heavy atom. The minimum absolute atomic E-state index is 0.0805. The molecule has 0 spiro atoms. The lowest BCUT2D eigenvalue weighted by Gasteiger charge is -2.21. The highest BCUT2D eigenvalue weighted by atomic mass is 16.7. The molecule has 1 amide bonds. The lowest BCUT2D eigenvalue weighted by Crippen LogP contribution is -2.33. The van der Waals surface area contributed by atoms with Gasteiger partial charge in [-0.15, -0.1) is 0 Å². The summed E-state index contributed by atoms with van der Waals surface area (Å²) in [6.07, 6.45) is 4.47. The van der Waals surface area contributed by atoms with Crippen LogP contribution in [0.2, 0.25) is 0 Å². The van der Waals surface area contributed by atoms with Gasteiger partial charge in [0.15, 0.2) is 11.5 Å². The van der Waals surface area contributed by atoms with Crippen LogP contribution in [0.5, 0.6) is 23.0 Å². The third-order valence-electron chi connectivity index (χ3n) is 5.21. The maximum atomic E-state index is 12.2. The van der Waals surface area contributed by atoms with E-state index in [1.165, 1.54) is 11.9 Å². The first kappa shape index (κ1) is 19.8. The van der Waals surface area contributed by atoms with Crippen molar-refractivity contribution in [1.29, 1.82) is 0 Å². The summed E-state index contributed by atoms with van der Waals surface area (Å²) in [6, 6.07) is 9.44. The molecule has 1 unspecified atom stereocenters. The van der Waals surface area contributed by atoms with E-state index in [2.05, 4.69) is 5.10 Å². The van der Waals surface area contributed by atoms with E-state index in [-0.39, 0.29) is 18.7 Å². The first-order chi connectivity index (χ1) is 14.5. The lowest BCUT2D eigenvalue weighted by molar-refractivity contribution is -0.130. The second-order valence-corrected chi connectivity index (χ2v) is 7.21. The zero-order chi connectivity index (χ0) is 21.3. The molecule has 4 rings (SSSR count). The molecule has 1 atom stereocenters. The molecule has 156 valence electrons. The fourth-order valence-corrected chi connectivity index (χ4v) is 3.69. The number of fused-ring (bicyclic) bond motifs is 2. The van der Waals surface area contributed by atoms with Crippen molar-refractivity contribution in [3.8, 4) is 23.0 Å². The van der Waals surface area contributed by atoms with Crippen LogP contribution < -0.4 is 18.9 Å². The molecule has 0 radical (unpaired) electrons. The quantitative estimate of drug-likeness (QED) is 0.773. The number of hydrogen-bond acceptors (Lipinski definition) is 6. The van der Waals surface area contributed by atoms with Crippen molar-refractivity contribution in [2.75, 3.05) is 21.0 Å². The van der Waals surface area contributed by atoms with Crippen LogP contribution in [0.1, 0.15) is 30.5 Å². The maximum Gasteiger partial charge on any atom is 0.239 e. The Bertz CT molecular complexity index is 1040. The minimum atomic E-state index is -0.108. The number of carbonyl (C=O) groups is 1. The van der Waals surface area contributed by atoms with Crippen molar-refractivity contribution in [1.82, 2.24) is 5.01 Å². The van der Waals surface area contributed by atoms with Gasteiger partial charge in [0.25, 0.3) is 0 Å². The smallest absolute Gasteiger partial charge is 0.239 e. The van der Waals surface area contributed by atoms with Gasteiger partial charge in [-0.25, -0.2) is 5.01 Å². The van der Waals surface area contributed by atoms with Gasteiger partial charge in [-0.05, 0) is 55.3 Å². The van der Waals surface area contributed by atoms with Crippen molar-refractivity contribution in [3.63, 3.8) is 0 Å². The van der Waals surface area contributed by atoms with Crippen LogP contribution in [-0.4, -0.2) is 43.7 Å². The van der Waals surface area contributed by atoms with Crippen LogP contribution in [0.4, 0.5) is 0 Å². The molecule has 0 fully saturated rings. The molecule has 2 aromatic rings. The third-order valence-corrected chi connectivity index (χ3v) is 5.21. The Morgan fingerprint density at radius 1 is 1.13 bits per heavy atom. The van der Waals surface area contributed by atoms with E-state index in [1.54, 1.807) is 14.2 Å². The number of nitrogens with zero attached hydrogens (tertiary/aromatic N) is 2. The van der Waals surface area contributed by atoms with Crippen molar-refractivity contribution in [2.24, 2.45) is 5.10 Å². The number of ether oxygens (including phenoxy) is 4. The summed E-state index contributed by atoms with van der Waals surface area (Å²) in [5.41, 5.74) is 3.51. The molecule has 0 bridgehead atoms. The molecule has 2 heterocycles. The number of hydrogen-bond donors (Lipinski definition) is 0. The Hall–Kier alpha value is -3.48. The van der Waals surface area contributed by atoms with E-state index in [4.69, 9.17) is 18.9 Å². The average molecular weight is 408 g/mol. The van der Waals surface area contributed by atoms with E-state index in [1.807, 2.05) is 49.4 Å². The van der Waals surface area contributed by atoms with E-state index in [0.29, 0.717) is 29.4 Å². The first-order valence-corrected chi connectivity index (χ1v) is 9.71. The highest BCUT2D eigenvalue weighted by molar-refractivity contribution is 6.12. The summed E-state index contributed by atoms with van der Waals surface area (Å²) in [5.74, 6) is 2.69. The molecule has 0 aromatic heterocycles. The maximum absolute atomic E-state index is 12.2. The van der Waals surface area contributed by atoms with Gasteiger partial charge in [0.1, 0.15) is 11.5 Å². The molecule has 2 aliphatic rings. The summed E-state index contributed by atoms with van der Waals surface area (Å²) in [5, 5.41) is 6.20. The van der Waals surface area contributed by atoms with Crippen molar-refractivity contribution in [3.05, 3.63) is 53.1 Å². The fraction of sp³-hybridized carbons (Fsp3) is 0.304.